The number of nitrogens with zero attached hydrogens (tertiary/aromatic N) is 1. The summed E-state index contributed by atoms with van der Waals surface area (Å²) in [4.78, 5) is 11.3. The van der Waals surface area contributed by atoms with Crippen molar-refractivity contribution >= 4 is 16.0 Å². The van der Waals surface area contributed by atoms with Crippen LogP contribution in [0.4, 0.5) is 0 Å². The number of likely N-dealkylation sites (N-methyl/N-ethyl adjacent to an activating group) is 2. The van der Waals surface area contributed by atoms with Gasteiger partial charge < -0.3 is 10.1 Å². The Morgan fingerprint density at radius 2 is 1.90 bits per heavy atom. The van der Waals surface area contributed by atoms with Crippen LogP contribution in [0.5, 0.6) is 0 Å². The van der Waals surface area contributed by atoms with E-state index in [0.29, 0.717) is 18.7 Å². The van der Waals surface area contributed by atoms with E-state index in [4.69, 9.17) is 0 Å². The van der Waals surface area contributed by atoms with Crippen molar-refractivity contribution < 1.29 is 17.9 Å². The maximum atomic E-state index is 12.2. The Hall–Kier alpha value is -1.44. The molecule has 0 amide bonds. The molecule has 0 spiro atoms. The van der Waals surface area contributed by atoms with Crippen LogP contribution in [0, 0.1) is 0 Å². The summed E-state index contributed by atoms with van der Waals surface area (Å²) in [6.07, 6.45) is 0.131. The fourth-order valence-electron chi connectivity index (χ4n) is 1.59. The van der Waals surface area contributed by atoms with Gasteiger partial charge in [0.25, 0.3) is 0 Å². The number of hydrogen-bond acceptors (Lipinski definition) is 5. The minimum atomic E-state index is -3.48. The predicted molar refractivity (Wildman–Crippen MR) is 75.9 cm³/mol. The Kier molecular flexibility index (Phi) is 6.12. The van der Waals surface area contributed by atoms with E-state index in [2.05, 4.69) is 10.1 Å². The van der Waals surface area contributed by atoms with E-state index in [1.54, 1.807) is 19.2 Å². The molecule has 20 heavy (non-hydrogen) atoms. The second-order valence-corrected chi connectivity index (χ2v) is 6.37. The molecule has 1 aromatic rings. The summed E-state index contributed by atoms with van der Waals surface area (Å²) in [5.74, 6) is -0.355. The summed E-state index contributed by atoms with van der Waals surface area (Å²) in [5, 5.41) is 2.90. The standard InChI is InChI=1S/C13H20N2O4S/c1-14-8-9-15(2)20(17,18)12-6-4-11(5-7-12)10-13(16)19-3/h4-7,14H,8-10H2,1-3H3. The van der Waals surface area contributed by atoms with Gasteiger partial charge in [0.1, 0.15) is 0 Å². The Labute approximate surface area is 119 Å². The van der Waals surface area contributed by atoms with Crippen LogP contribution in [0.15, 0.2) is 29.2 Å². The van der Waals surface area contributed by atoms with Crippen molar-refractivity contribution in [2.75, 3.05) is 34.3 Å². The predicted octanol–water partition coefficient (Wildman–Crippen LogP) is 0.242. The second-order valence-electron chi connectivity index (χ2n) is 4.33. The molecule has 0 atom stereocenters. The lowest BCUT2D eigenvalue weighted by Gasteiger charge is -2.17. The smallest absolute Gasteiger partial charge is 0.309 e. The Morgan fingerprint density at radius 3 is 2.40 bits per heavy atom. The monoisotopic (exact) mass is 300 g/mol. The third-order valence-corrected chi connectivity index (χ3v) is 4.76. The van der Waals surface area contributed by atoms with Gasteiger partial charge in [-0.25, -0.2) is 8.42 Å². The molecule has 0 heterocycles. The summed E-state index contributed by atoms with van der Waals surface area (Å²) in [6.45, 7) is 0.971. The molecule has 0 unspecified atom stereocenters. The van der Waals surface area contributed by atoms with Crippen molar-refractivity contribution in [1.29, 1.82) is 0 Å². The molecule has 0 bridgehead atoms. The highest BCUT2D eigenvalue weighted by molar-refractivity contribution is 7.89. The first kappa shape index (κ1) is 16.6. The van der Waals surface area contributed by atoms with Gasteiger partial charge in [-0.2, -0.15) is 4.31 Å². The normalized spacial score (nSPS) is 11.6. The zero-order chi connectivity index (χ0) is 15.2. The number of nitrogens with one attached hydrogen (secondary N) is 1. The van der Waals surface area contributed by atoms with Crippen LogP contribution < -0.4 is 5.32 Å². The fourth-order valence-corrected chi connectivity index (χ4v) is 2.76. The molecule has 1 aromatic carbocycles. The molecule has 0 aliphatic carbocycles. The topological polar surface area (TPSA) is 75.7 Å². The average Bonchev–Trinajstić information content (AvgIpc) is 2.45. The van der Waals surface area contributed by atoms with Crippen LogP contribution in [-0.4, -0.2) is 53.0 Å². The zero-order valence-corrected chi connectivity index (χ0v) is 12.7. The number of carbonyl (C=O) groups excluding carboxylic acids is 1. The summed E-state index contributed by atoms with van der Waals surface area (Å²) >= 11 is 0. The number of methoxy groups -OCH3 is 1. The fraction of sp³-hybridized carbons (Fsp3) is 0.462. The Balaban J connectivity index is 2.84. The highest BCUT2D eigenvalue weighted by Gasteiger charge is 2.20. The first-order valence-electron chi connectivity index (χ1n) is 6.18. The minimum Gasteiger partial charge on any atom is -0.469 e. The molecule has 0 aliphatic heterocycles. The van der Waals surface area contributed by atoms with E-state index >= 15 is 0 Å². The van der Waals surface area contributed by atoms with Crippen molar-refractivity contribution in [2.45, 2.75) is 11.3 Å². The van der Waals surface area contributed by atoms with Gasteiger partial charge in [-0.05, 0) is 24.7 Å². The van der Waals surface area contributed by atoms with E-state index < -0.39 is 10.0 Å². The van der Waals surface area contributed by atoms with E-state index in [0.717, 1.165) is 0 Å². The van der Waals surface area contributed by atoms with Gasteiger partial charge in [0.15, 0.2) is 0 Å². The van der Waals surface area contributed by atoms with Crippen molar-refractivity contribution in [2.24, 2.45) is 0 Å². The number of rotatable bonds is 7. The largest absolute Gasteiger partial charge is 0.469 e. The van der Waals surface area contributed by atoms with Gasteiger partial charge in [0, 0.05) is 20.1 Å². The lowest BCUT2D eigenvalue weighted by Crippen LogP contribution is -2.32. The van der Waals surface area contributed by atoms with Crippen molar-refractivity contribution in [3.8, 4) is 0 Å². The maximum absolute atomic E-state index is 12.2. The third kappa shape index (κ3) is 4.29. The van der Waals surface area contributed by atoms with Crippen LogP contribution in [0.2, 0.25) is 0 Å². The van der Waals surface area contributed by atoms with E-state index in [-0.39, 0.29) is 17.3 Å². The first-order valence-corrected chi connectivity index (χ1v) is 7.62. The van der Waals surface area contributed by atoms with Gasteiger partial charge in [0.2, 0.25) is 10.0 Å². The van der Waals surface area contributed by atoms with E-state index in [1.165, 1.54) is 30.6 Å². The molecule has 1 N–H and O–H groups in total. The van der Waals surface area contributed by atoms with Crippen molar-refractivity contribution in [1.82, 2.24) is 9.62 Å². The van der Waals surface area contributed by atoms with Gasteiger partial charge in [0.05, 0.1) is 18.4 Å². The van der Waals surface area contributed by atoms with Gasteiger partial charge in [-0.1, -0.05) is 12.1 Å². The Bertz CT molecular complexity index is 540. The quantitative estimate of drug-likeness (QED) is 0.730. The maximum Gasteiger partial charge on any atom is 0.309 e. The molecular weight excluding hydrogens is 280 g/mol. The molecule has 0 aliphatic rings. The average molecular weight is 300 g/mol. The van der Waals surface area contributed by atoms with Crippen LogP contribution in [0.3, 0.4) is 0 Å². The van der Waals surface area contributed by atoms with Crippen LogP contribution in [0.1, 0.15) is 5.56 Å². The highest BCUT2D eigenvalue weighted by Crippen LogP contribution is 2.15. The van der Waals surface area contributed by atoms with Crippen LogP contribution >= 0.6 is 0 Å². The molecule has 0 aromatic heterocycles. The molecule has 0 radical (unpaired) electrons. The number of esters is 1. The molecule has 7 heteroatoms. The molecule has 6 nitrogen and oxygen atoms in total. The second kappa shape index (κ2) is 7.37. The van der Waals surface area contributed by atoms with Gasteiger partial charge in [-0.3, -0.25) is 4.79 Å². The minimum absolute atomic E-state index is 0.131. The summed E-state index contributed by atoms with van der Waals surface area (Å²) in [7, 11) is 1.14. The van der Waals surface area contributed by atoms with Crippen molar-refractivity contribution in [3.05, 3.63) is 29.8 Å². The van der Waals surface area contributed by atoms with Crippen LogP contribution in [-0.2, 0) is 26.0 Å². The first-order chi connectivity index (χ1) is 9.41. The van der Waals surface area contributed by atoms with Crippen molar-refractivity contribution in [3.63, 3.8) is 0 Å². The molecule has 1 rings (SSSR count). The number of benzene rings is 1. The molecule has 0 fully saturated rings. The summed E-state index contributed by atoms with van der Waals surface area (Å²) in [6, 6.07) is 6.25. The SMILES string of the molecule is CNCCN(C)S(=O)(=O)c1ccc(CC(=O)OC)cc1. The summed E-state index contributed by atoms with van der Waals surface area (Å²) in [5.41, 5.74) is 0.716. The number of sulfonamides is 1. The summed E-state index contributed by atoms with van der Waals surface area (Å²) < 4.78 is 30.3. The number of carbonyl (C=O) groups is 1. The number of hydrogen-bond donors (Lipinski definition) is 1. The van der Waals surface area contributed by atoms with E-state index in [9.17, 15) is 13.2 Å². The number of ether oxygens (including phenoxy) is 1. The molecule has 112 valence electrons. The lowest BCUT2D eigenvalue weighted by molar-refractivity contribution is -0.139. The third-order valence-electron chi connectivity index (χ3n) is 2.88. The molecule has 0 saturated carbocycles. The van der Waals surface area contributed by atoms with Gasteiger partial charge in [-0.15, -0.1) is 0 Å². The zero-order valence-electron chi connectivity index (χ0n) is 11.9. The van der Waals surface area contributed by atoms with Crippen LogP contribution in [0.25, 0.3) is 0 Å². The van der Waals surface area contributed by atoms with E-state index in [1.807, 2.05) is 0 Å². The highest BCUT2D eigenvalue weighted by atomic mass is 32.2. The molecule has 0 saturated heterocycles. The lowest BCUT2D eigenvalue weighted by atomic mass is 10.2. The Morgan fingerprint density at radius 1 is 1.30 bits per heavy atom. The molecular formula is C13H20N2O4S. The van der Waals surface area contributed by atoms with Gasteiger partial charge >= 0.3 is 5.97 Å².